The lowest BCUT2D eigenvalue weighted by Gasteiger charge is -2.21. The number of pyridine rings is 1. The van der Waals surface area contributed by atoms with Crippen molar-refractivity contribution in [2.75, 3.05) is 23.8 Å². The first kappa shape index (κ1) is 33.0. The van der Waals surface area contributed by atoms with Crippen LogP contribution >= 0.6 is 39.1 Å². The van der Waals surface area contributed by atoms with Crippen LogP contribution in [0.2, 0.25) is 10.0 Å². The molecule has 2 N–H and O–H groups in total. The van der Waals surface area contributed by atoms with E-state index in [-0.39, 0.29) is 34.8 Å². The molecule has 3 amide bonds. The van der Waals surface area contributed by atoms with Crippen LogP contribution < -0.4 is 20.3 Å². The molecular weight excluding hydrogens is 667 g/mol. The van der Waals surface area contributed by atoms with E-state index in [0.717, 1.165) is 22.2 Å². The molecule has 44 heavy (non-hydrogen) atoms. The Labute approximate surface area is 274 Å². The zero-order chi connectivity index (χ0) is 31.8. The molecule has 0 aliphatic carbocycles. The zero-order valence-corrected chi connectivity index (χ0v) is 27.5. The standard InChI is InChI=1S/C33H31BrCl2N4O4/c1-4-25(34)33(43)39-23-13-9-21(10-14-23)11-17-29(41)37-18-30(42)40(3)27-16-15-26(35)24(31(27)36)19-44-28-7-5-6-22-12-8-20(2)38-32(22)28/h5-17,25H,4,18-19H2,1-3H3,(H,37,41)(H,39,43). The largest absolute Gasteiger partial charge is 0.487 e. The summed E-state index contributed by atoms with van der Waals surface area (Å²) in [4.78, 5) is 43.0. The fourth-order valence-corrected chi connectivity index (χ4v) is 4.91. The van der Waals surface area contributed by atoms with Gasteiger partial charge in [-0.15, -0.1) is 0 Å². The van der Waals surface area contributed by atoms with Gasteiger partial charge in [-0.3, -0.25) is 14.4 Å². The zero-order valence-electron chi connectivity index (χ0n) is 24.4. The quantitative estimate of drug-likeness (QED) is 0.126. The molecule has 228 valence electrons. The summed E-state index contributed by atoms with van der Waals surface area (Å²) in [5.74, 6) is -0.354. The van der Waals surface area contributed by atoms with Gasteiger partial charge in [0.2, 0.25) is 17.7 Å². The number of amides is 3. The van der Waals surface area contributed by atoms with Crippen molar-refractivity contribution in [2.45, 2.75) is 31.7 Å². The number of hydrogen-bond acceptors (Lipinski definition) is 5. The first-order valence-electron chi connectivity index (χ1n) is 13.8. The molecule has 1 heterocycles. The highest BCUT2D eigenvalue weighted by molar-refractivity contribution is 9.10. The summed E-state index contributed by atoms with van der Waals surface area (Å²) in [5, 5.41) is 7.02. The predicted molar refractivity (Wildman–Crippen MR) is 181 cm³/mol. The van der Waals surface area contributed by atoms with Crippen molar-refractivity contribution in [1.29, 1.82) is 0 Å². The molecule has 1 aromatic heterocycles. The van der Waals surface area contributed by atoms with E-state index in [0.29, 0.717) is 34.1 Å². The van der Waals surface area contributed by atoms with E-state index in [9.17, 15) is 14.4 Å². The van der Waals surface area contributed by atoms with E-state index in [1.54, 1.807) is 49.5 Å². The molecule has 0 saturated heterocycles. The van der Waals surface area contributed by atoms with Gasteiger partial charge in [-0.2, -0.15) is 0 Å². The number of para-hydroxylation sites is 1. The minimum absolute atomic E-state index is 0.0624. The van der Waals surface area contributed by atoms with E-state index < -0.39 is 5.91 Å². The second-order valence-corrected chi connectivity index (χ2v) is 11.8. The van der Waals surface area contributed by atoms with Crippen molar-refractivity contribution in [3.63, 3.8) is 0 Å². The Morgan fingerprint density at radius 1 is 1.05 bits per heavy atom. The summed E-state index contributed by atoms with van der Waals surface area (Å²) in [6.45, 7) is 3.64. The van der Waals surface area contributed by atoms with Gasteiger partial charge in [-0.05, 0) is 61.4 Å². The van der Waals surface area contributed by atoms with Crippen LogP contribution in [0.3, 0.4) is 0 Å². The molecule has 8 nitrogen and oxygen atoms in total. The number of nitrogens with zero attached hydrogens (tertiary/aromatic N) is 2. The SMILES string of the molecule is CCC(Br)C(=O)Nc1ccc(C=CC(=O)NCC(=O)N(C)c2ccc(Cl)c(COc3cccc4ccc(C)nc34)c2Cl)cc1. The number of anilines is 2. The summed E-state index contributed by atoms with van der Waals surface area (Å²) in [5.41, 5.74) is 3.95. The molecule has 0 aliphatic heterocycles. The van der Waals surface area contributed by atoms with Gasteiger partial charge < -0.3 is 20.3 Å². The molecule has 0 radical (unpaired) electrons. The van der Waals surface area contributed by atoms with Gasteiger partial charge >= 0.3 is 0 Å². The first-order valence-corrected chi connectivity index (χ1v) is 15.5. The lowest BCUT2D eigenvalue weighted by Crippen LogP contribution is -2.37. The number of likely N-dealkylation sites (N-methyl/N-ethyl adjacent to an activating group) is 1. The molecule has 1 atom stereocenters. The van der Waals surface area contributed by atoms with Crippen LogP contribution in [0.1, 0.15) is 30.2 Å². The number of hydrogen-bond donors (Lipinski definition) is 2. The molecule has 0 aliphatic rings. The molecule has 4 rings (SSSR count). The smallest absolute Gasteiger partial charge is 0.246 e. The van der Waals surface area contributed by atoms with Gasteiger partial charge in [0.05, 0.1) is 22.1 Å². The van der Waals surface area contributed by atoms with Gasteiger partial charge in [0, 0.05) is 40.5 Å². The molecule has 1 unspecified atom stereocenters. The van der Waals surface area contributed by atoms with E-state index in [4.69, 9.17) is 27.9 Å². The lowest BCUT2D eigenvalue weighted by atomic mass is 10.1. The second-order valence-electron chi connectivity index (χ2n) is 9.92. The number of fused-ring (bicyclic) bond motifs is 1. The highest BCUT2D eigenvalue weighted by Gasteiger charge is 2.19. The van der Waals surface area contributed by atoms with Crippen LogP contribution in [0, 0.1) is 6.92 Å². The number of benzene rings is 3. The summed E-state index contributed by atoms with van der Waals surface area (Å²) in [6, 6.07) is 19.9. The van der Waals surface area contributed by atoms with Crippen molar-refractivity contribution >= 4 is 85.2 Å². The Morgan fingerprint density at radius 2 is 1.80 bits per heavy atom. The van der Waals surface area contributed by atoms with E-state index in [1.165, 1.54) is 11.0 Å². The Balaban J connectivity index is 1.35. The maximum Gasteiger partial charge on any atom is 0.246 e. The van der Waals surface area contributed by atoms with E-state index in [2.05, 4.69) is 31.5 Å². The lowest BCUT2D eigenvalue weighted by molar-refractivity contribution is -0.122. The normalized spacial score (nSPS) is 11.8. The number of carbonyl (C=O) groups excluding carboxylic acids is 3. The maximum absolute atomic E-state index is 12.9. The van der Waals surface area contributed by atoms with Gasteiger partial charge in [-0.1, -0.05) is 76.4 Å². The minimum Gasteiger partial charge on any atom is -0.487 e. The number of aromatic nitrogens is 1. The van der Waals surface area contributed by atoms with Crippen molar-refractivity contribution in [3.8, 4) is 5.75 Å². The van der Waals surface area contributed by atoms with Crippen LogP contribution in [0.15, 0.2) is 72.8 Å². The Kier molecular flexibility index (Phi) is 11.4. The minimum atomic E-state index is -0.440. The third-order valence-electron chi connectivity index (χ3n) is 6.76. The Bertz CT molecular complexity index is 1710. The van der Waals surface area contributed by atoms with Crippen LogP contribution in [0.5, 0.6) is 5.75 Å². The van der Waals surface area contributed by atoms with Gasteiger partial charge in [0.25, 0.3) is 0 Å². The van der Waals surface area contributed by atoms with Crippen LogP contribution in [-0.2, 0) is 21.0 Å². The molecule has 0 bridgehead atoms. The van der Waals surface area contributed by atoms with Crippen LogP contribution in [0.25, 0.3) is 17.0 Å². The van der Waals surface area contributed by atoms with Crippen molar-refractivity contribution in [3.05, 3.63) is 99.7 Å². The molecule has 0 spiro atoms. The topological polar surface area (TPSA) is 101 Å². The van der Waals surface area contributed by atoms with Gasteiger partial charge in [0.1, 0.15) is 17.9 Å². The monoisotopic (exact) mass is 696 g/mol. The molecule has 0 fully saturated rings. The third-order valence-corrected chi connectivity index (χ3v) is 8.60. The number of rotatable bonds is 11. The maximum atomic E-state index is 12.9. The summed E-state index contributed by atoms with van der Waals surface area (Å²) in [7, 11) is 1.57. The average Bonchev–Trinajstić information content (AvgIpc) is 3.02. The van der Waals surface area contributed by atoms with E-state index in [1.807, 2.05) is 44.2 Å². The van der Waals surface area contributed by atoms with Crippen molar-refractivity contribution in [2.24, 2.45) is 0 Å². The number of nitrogens with one attached hydrogen (secondary N) is 2. The molecule has 3 aromatic carbocycles. The molecule has 11 heteroatoms. The number of carbonyl (C=O) groups is 3. The summed E-state index contributed by atoms with van der Waals surface area (Å²) >= 11 is 16.5. The Morgan fingerprint density at radius 3 is 2.52 bits per heavy atom. The highest BCUT2D eigenvalue weighted by Crippen LogP contribution is 2.35. The predicted octanol–water partition coefficient (Wildman–Crippen LogP) is 7.33. The number of halogens is 3. The number of ether oxygens (including phenoxy) is 1. The third kappa shape index (κ3) is 8.37. The van der Waals surface area contributed by atoms with E-state index >= 15 is 0 Å². The Hall–Kier alpha value is -3.92. The summed E-state index contributed by atoms with van der Waals surface area (Å²) < 4.78 is 6.08. The second kappa shape index (κ2) is 15.2. The van der Waals surface area contributed by atoms with Crippen LogP contribution in [0.4, 0.5) is 11.4 Å². The summed E-state index contributed by atoms with van der Waals surface area (Å²) in [6.07, 6.45) is 3.62. The van der Waals surface area contributed by atoms with Crippen molar-refractivity contribution in [1.82, 2.24) is 10.3 Å². The van der Waals surface area contributed by atoms with Crippen molar-refractivity contribution < 1.29 is 19.1 Å². The fourth-order valence-electron chi connectivity index (χ4n) is 4.19. The fraction of sp³-hybridized carbons (Fsp3) is 0.212. The molecule has 0 saturated carbocycles. The van der Waals surface area contributed by atoms with Gasteiger partial charge in [-0.25, -0.2) is 4.98 Å². The molecular formula is C33H31BrCl2N4O4. The first-order chi connectivity index (χ1) is 21.1. The van der Waals surface area contributed by atoms with Gasteiger partial charge in [0.15, 0.2) is 0 Å². The van der Waals surface area contributed by atoms with Crippen LogP contribution in [-0.4, -0.2) is 41.1 Å². The molecule has 4 aromatic rings. The number of aryl methyl sites for hydroxylation is 1. The number of alkyl halides is 1. The highest BCUT2D eigenvalue weighted by atomic mass is 79.9. The average molecular weight is 698 g/mol.